The summed E-state index contributed by atoms with van der Waals surface area (Å²) in [4.78, 5) is 12.0. The summed E-state index contributed by atoms with van der Waals surface area (Å²) in [5, 5.41) is 3.14. The highest BCUT2D eigenvalue weighted by Gasteiger charge is 2.24. The highest BCUT2D eigenvalue weighted by molar-refractivity contribution is 7.16. The van der Waals surface area contributed by atoms with E-state index in [-0.39, 0.29) is 6.10 Å². The van der Waals surface area contributed by atoms with E-state index in [0.29, 0.717) is 6.61 Å². The van der Waals surface area contributed by atoms with Gasteiger partial charge in [0.2, 0.25) is 0 Å². The minimum Gasteiger partial charge on any atom is -0.486 e. The molecule has 1 aliphatic heterocycles. The molecular formula is C17H17N3O2S. The molecule has 0 bridgehead atoms. The molecule has 0 saturated heterocycles. The van der Waals surface area contributed by atoms with Gasteiger partial charge in [0.15, 0.2) is 17.6 Å². The van der Waals surface area contributed by atoms with Crippen molar-refractivity contribution in [2.45, 2.75) is 13.0 Å². The van der Waals surface area contributed by atoms with Crippen LogP contribution in [0, 0.1) is 0 Å². The summed E-state index contributed by atoms with van der Waals surface area (Å²) in [6.07, 6.45) is 1.61. The summed E-state index contributed by atoms with van der Waals surface area (Å²) in [5.74, 6) is 2.58. The molecule has 0 saturated carbocycles. The fourth-order valence-corrected chi connectivity index (χ4v) is 3.52. The van der Waals surface area contributed by atoms with Gasteiger partial charge in [0.1, 0.15) is 23.6 Å². The molecule has 0 aliphatic carbocycles. The fourth-order valence-electron chi connectivity index (χ4n) is 2.79. The SMILES string of the molecule is CCN(C[C@H]1COc2ccccc2O1)c1ncnc2sccc12. The van der Waals surface area contributed by atoms with Crippen LogP contribution < -0.4 is 14.4 Å². The van der Waals surface area contributed by atoms with Crippen LogP contribution in [0.3, 0.4) is 0 Å². The third-order valence-corrected chi connectivity index (χ3v) is 4.73. The number of ether oxygens (including phenoxy) is 2. The predicted molar refractivity (Wildman–Crippen MR) is 91.7 cm³/mol. The monoisotopic (exact) mass is 327 g/mol. The average Bonchev–Trinajstić information content (AvgIpc) is 3.08. The predicted octanol–water partition coefficient (Wildman–Crippen LogP) is 3.36. The lowest BCUT2D eigenvalue weighted by atomic mass is 10.2. The zero-order valence-electron chi connectivity index (χ0n) is 12.8. The molecule has 6 heteroatoms. The van der Waals surface area contributed by atoms with Crippen molar-refractivity contribution in [3.8, 4) is 11.5 Å². The molecule has 1 aliphatic rings. The van der Waals surface area contributed by atoms with Crippen molar-refractivity contribution in [2.24, 2.45) is 0 Å². The van der Waals surface area contributed by atoms with E-state index >= 15 is 0 Å². The van der Waals surface area contributed by atoms with Crippen molar-refractivity contribution in [3.63, 3.8) is 0 Å². The van der Waals surface area contributed by atoms with Crippen LogP contribution in [-0.4, -0.2) is 35.8 Å². The van der Waals surface area contributed by atoms with E-state index in [0.717, 1.165) is 40.6 Å². The number of hydrogen-bond donors (Lipinski definition) is 0. The van der Waals surface area contributed by atoms with Gasteiger partial charge in [0, 0.05) is 6.54 Å². The molecule has 118 valence electrons. The zero-order chi connectivity index (χ0) is 15.6. The second kappa shape index (κ2) is 6.04. The van der Waals surface area contributed by atoms with Gasteiger partial charge < -0.3 is 14.4 Å². The zero-order valence-corrected chi connectivity index (χ0v) is 13.6. The number of aromatic nitrogens is 2. The largest absolute Gasteiger partial charge is 0.486 e. The quantitative estimate of drug-likeness (QED) is 0.735. The Morgan fingerprint density at radius 3 is 2.96 bits per heavy atom. The lowest BCUT2D eigenvalue weighted by molar-refractivity contribution is 0.0953. The molecule has 0 fully saturated rings. The summed E-state index contributed by atoms with van der Waals surface area (Å²) in [6.45, 7) is 4.25. The van der Waals surface area contributed by atoms with Gasteiger partial charge in [-0.2, -0.15) is 0 Å². The molecule has 0 N–H and O–H groups in total. The van der Waals surface area contributed by atoms with Gasteiger partial charge in [-0.3, -0.25) is 0 Å². The number of fused-ring (bicyclic) bond motifs is 2. The normalized spacial score (nSPS) is 16.5. The van der Waals surface area contributed by atoms with Crippen molar-refractivity contribution in [3.05, 3.63) is 42.0 Å². The number of benzene rings is 1. The maximum Gasteiger partial charge on any atom is 0.161 e. The summed E-state index contributed by atoms with van der Waals surface area (Å²) in [5.41, 5.74) is 0. The Bertz CT molecular complexity index is 820. The minimum atomic E-state index is -0.0199. The number of likely N-dealkylation sites (N-methyl/N-ethyl adjacent to an activating group) is 1. The highest BCUT2D eigenvalue weighted by atomic mass is 32.1. The Hall–Kier alpha value is -2.34. The highest BCUT2D eigenvalue weighted by Crippen LogP contribution is 2.32. The molecule has 2 aromatic heterocycles. The number of nitrogens with zero attached hydrogens (tertiary/aromatic N) is 3. The van der Waals surface area contributed by atoms with Crippen LogP contribution in [0.5, 0.6) is 11.5 Å². The first-order chi connectivity index (χ1) is 11.3. The maximum absolute atomic E-state index is 6.07. The van der Waals surface area contributed by atoms with Crippen molar-refractivity contribution in [2.75, 3.05) is 24.6 Å². The Morgan fingerprint density at radius 1 is 1.22 bits per heavy atom. The first-order valence-corrected chi connectivity index (χ1v) is 8.54. The van der Waals surface area contributed by atoms with Crippen LogP contribution in [0.1, 0.15) is 6.92 Å². The first-order valence-electron chi connectivity index (χ1n) is 7.67. The standard InChI is InChI=1S/C17H17N3O2S/c1-2-20(16-13-7-8-23-17(13)19-11-18-16)9-12-10-21-14-5-3-4-6-15(14)22-12/h3-8,11-12H,2,9-10H2,1H3/t12-/m0/s1. The summed E-state index contributed by atoms with van der Waals surface area (Å²) in [7, 11) is 0. The molecular weight excluding hydrogens is 310 g/mol. The van der Waals surface area contributed by atoms with Gasteiger partial charge in [0.25, 0.3) is 0 Å². The van der Waals surface area contributed by atoms with E-state index in [2.05, 4.69) is 27.9 Å². The van der Waals surface area contributed by atoms with Gasteiger partial charge in [-0.05, 0) is 30.5 Å². The Labute approximate surface area is 138 Å². The third-order valence-electron chi connectivity index (χ3n) is 3.91. The van der Waals surface area contributed by atoms with Crippen LogP contribution in [0.25, 0.3) is 10.2 Å². The first kappa shape index (κ1) is 14.3. The van der Waals surface area contributed by atoms with E-state index in [1.165, 1.54) is 0 Å². The molecule has 0 unspecified atom stereocenters. The molecule has 0 radical (unpaired) electrons. The number of thiophene rings is 1. The van der Waals surface area contributed by atoms with E-state index in [1.807, 2.05) is 29.6 Å². The van der Waals surface area contributed by atoms with Crippen LogP contribution >= 0.6 is 11.3 Å². The van der Waals surface area contributed by atoms with Crippen molar-refractivity contribution >= 4 is 27.4 Å². The Morgan fingerprint density at radius 2 is 2.09 bits per heavy atom. The molecule has 1 atom stereocenters. The summed E-state index contributed by atoms with van der Waals surface area (Å²) in [6, 6.07) is 9.87. The molecule has 4 rings (SSSR count). The fraction of sp³-hybridized carbons (Fsp3) is 0.294. The van der Waals surface area contributed by atoms with Gasteiger partial charge in [-0.25, -0.2) is 9.97 Å². The van der Waals surface area contributed by atoms with E-state index in [9.17, 15) is 0 Å². The number of rotatable bonds is 4. The summed E-state index contributed by atoms with van der Waals surface area (Å²) < 4.78 is 11.9. The Kier molecular flexibility index (Phi) is 3.75. The smallest absolute Gasteiger partial charge is 0.161 e. The molecule has 23 heavy (non-hydrogen) atoms. The van der Waals surface area contributed by atoms with Crippen LogP contribution in [0.4, 0.5) is 5.82 Å². The lowest BCUT2D eigenvalue weighted by Gasteiger charge is -2.31. The molecule has 1 aromatic carbocycles. The second-order valence-electron chi connectivity index (χ2n) is 5.37. The van der Waals surface area contributed by atoms with Gasteiger partial charge in [-0.15, -0.1) is 11.3 Å². The molecule has 3 heterocycles. The van der Waals surface area contributed by atoms with Crippen molar-refractivity contribution < 1.29 is 9.47 Å². The van der Waals surface area contributed by atoms with Gasteiger partial charge in [-0.1, -0.05) is 12.1 Å². The van der Waals surface area contributed by atoms with Gasteiger partial charge in [0.05, 0.1) is 11.9 Å². The van der Waals surface area contributed by atoms with Crippen LogP contribution in [0.2, 0.25) is 0 Å². The van der Waals surface area contributed by atoms with Crippen LogP contribution in [0.15, 0.2) is 42.0 Å². The van der Waals surface area contributed by atoms with Crippen molar-refractivity contribution in [1.82, 2.24) is 9.97 Å². The number of anilines is 1. The van der Waals surface area contributed by atoms with E-state index in [1.54, 1.807) is 17.7 Å². The minimum absolute atomic E-state index is 0.0199. The third kappa shape index (κ3) is 2.70. The van der Waals surface area contributed by atoms with E-state index in [4.69, 9.17) is 9.47 Å². The molecule has 0 spiro atoms. The maximum atomic E-state index is 6.07. The molecule has 0 amide bonds. The Balaban J connectivity index is 1.56. The lowest BCUT2D eigenvalue weighted by Crippen LogP contribution is -2.41. The number of para-hydroxylation sites is 2. The van der Waals surface area contributed by atoms with Gasteiger partial charge >= 0.3 is 0 Å². The van der Waals surface area contributed by atoms with Crippen molar-refractivity contribution in [1.29, 1.82) is 0 Å². The molecule has 5 nitrogen and oxygen atoms in total. The molecule has 3 aromatic rings. The van der Waals surface area contributed by atoms with Crippen LogP contribution in [-0.2, 0) is 0 Å². The number of hydrogen-bond acceptors (Lipinski definition) is 6. The topological polar surface area (TPSA) is 47.5 Å². The average molecular weight is 327 g/mol. The van der Waals surface area contributed by atoms with E-state index < -0.39 is 0 Å². The summed E-state index contributed by atoms with van der Waals surface area (Å²) >= 11 is 1.63. The second-order valence-corrected chi connectivity index (χ2v) is 6.27.